The van der Waals surface area contributed by atoms with E-state index in [-0.39, 0.29) is 34.4 Å². The van der Waals surface area contributed by atoms with Crippen molar-refractivity contribution in [3.8, 4) is 17.3 Å². The zero-order valence-corrected chi connectivity index (χ0v) is 14.2. The zero-order chi connectivity index (χ0) is 20.5. The molecule has 0 fully saturated rings. The van der Waals surface area contributed by atoms with Gasteiger partial charge in [-0.3, -0.25) is 9.36 Å². The van der Waals surface area contributed by atoms with Crippen LogP contribution in [0.2, 0.25) is 0 Å². The Hall–Kier alpha value is -3.22. The van der Waals surface area contributed by atoms with Crippen LogP contribution in [0.5, 0.6) is 11.5 Å². The lowest BCUT2D eigenvalue weighted by Crippen LogP contribution is -2.10. The number of phenols is 1. The molecule has 0 bridgehead atoms. The second-order valence-electron chi connectivity index (χ2n) is 5.83. The standard InChI is InChI=1S/C19H18FN3O3/c1-12(2)18-21-8-9-23(18)19-13(6-7-17(20)22-19)11-26-16-5-3-4-15(25)14(16)10-24/h3-10,12,25H,11H2,1-2H3/i11D2. The van der Waals surface area contributed by atoms with E-state index in [4.69, 9.17) is 7.48 Å². The Labute approximate surface area is 152 Å². The average molecular weight is 357 g/mol. The summed E-state index contributed by atoms with van der Waals surface area (Å²) in [5.74, 6) is -0.737. The highest BCUT2D eigenvalue weighted by atomic mass is 19.1. The van der Waals surface area contributed by atoms with Gasteiger partial charge in [0, 0.05) is 23.9 Å². The highest BCUT2D eigenvalue weighted by Crippen LogP contribution is 2.27. The first kappa shape index (κ1) is 15.1. The van der Waals surface area contributed by atoms with Gasteiger partial charge < -0.3 is 9.84 Å². The molecule has 0 atom stereocenters. The summed E-state index contributed by atoms with van der Waals surface area (Å²) in [6.45, 7) is 1.30. The Morgan fingerprint density at radius 1 is 1.38 bits per heavy atom. The van der Waals surface area contributed by atoms with Gasteiger partial charge >= 0.3 is 0 Å². The Morgan fingerprint density at radius 3 is 2.92 bits per heavy atom. The van der Waals surface area contributed by atoms with Crippen LogP contribution in [-0.4, -0.2) is 25.9 Å². The quantitative estimate of drug-likeness (QED) is 0.538. The molecule has 2 aromatic heterocycles. The summed E-state index contributed by atoms with van der Waals surface area (Å²) >= 11 is 0. The molecule has 3 rings (SSSR count). The molecule has 1 aromatic carbocycles. The molecule has 7 heteroatoms. The topological polar surface area (TPSA) is 77.2 Å². The third-order valence-electron chi connectivity index (χ3n) is 3.69. The maximum atomic E-state index is 13.9. The van der Waals surface area contributed by atoms with Crippen molar-refractivity contribution in [3.63, 3.8) is 0 Å². The second kappa shape index (κ2) is 7.35. The van der Waals surface area contributed by atoms with Gasteiger partial charge in [0.05, 0.1) is 8.30 Å². The van der Waals surface area contributed by atoms with E-state index in [1.807, 2.05) is 13.8 Å². The van der Waals surface area contributed by atoms with Crippen LogP contribution in [0.15, 0.2) is 42.7 Å². The summed E-state index contributed by atoms with van der Waals surface area (Å²) in [5.41, 5.74) is -0.248. The van der Waals surface area contributed by atoms with Crippen molar-refractivity contribution in [1.29, 1.82) is 0 Å². The van der Waals surface area contributed by atoms with Crippen LogP contribution in [-0.2, 0) is 6.56 Å². The molecule has 26 heavy (non-hydrogen) atoms. The van der Waals surface area contributed by atoms with Gasteiger partial charge in [-0.25, -0.2) is 9.97 Å². The van der Waals surface area contributed by atoms with E-state index in [1.54, 1.807) is 6.20 Å². The van der Waals surface area contributed by atoms with E-state index < -0.39 is 12.5 Å². The molecule has 0 amide bonds. The first-order valence-electron chi connectivity index (χ1n) is 8.91. The predicted molar refractivity (Wildman–Crippen MR) is 93.2 cm³/mol. The number of benzene rings is 1. The Bertz CT molecular complexity index is 1020. The SMILES string of the molecule is [2H]C([2H])(Oc1cccc(O)c1C=O)c1ccc(F)nc1-n1ccnc1C(C)C. The van der Waals surface area contributed by atoms with Gasteiger partial charge in [0.15, 0.2) is 6.29 Å². The summed E-state index contributed by atoms with van der Waals surface area (Å²) in [6.07, 6.45) is 3.45. The summed E-state index contributed by atoms with van der Waals surface area (Å²) in [4.78, 5) is 19.3. The van der Waals surface area contributed by atoms with E-state index >= 15 is 0 Å². The van der Waals surface area contributed by atoms with Gasteiger partial charge in [-0.2, -0.15) is 4.39 Å². The van der Waals surface area contributed by atoms with Crippen LogP contribution >= 0.6 is 0 Å². The van der Waals surface area contributed by atoms with Crippen molar-refractivity contribution in [2.45, 2.75) is 26.3 Å². The number of halogens is 1. The monoisotopic (exact) mass is 357 g/mol. The number of phenolic OH excluding ortho intramolecular Hbond substituents is 1. The van der Waals surface area contributed by atoms with Gasteiger partial charge in [0.2, 0.25) is 5.95 Å². The molecule has 0 aliphatic rings. The van der Waals surface area contributed by atoms with Gasteiger partial charge in [-0.1, -0.05) is 19.9 Å². The number of aldehydes is 1. The largest absolute Gasteiger partial charge is 0.507 e. The maximum Gasteiger partial charge on any atom is 0.214 e. The Balaban J connectivity index is 2.12. The Morgan fingerprint density at radius 2 is 2.19 bits per heavy atom. The van der Waals surface area contributed by atoms with E-state index in [2.05, 4.69) is 9.97 Å². The maximum absolute atomic E-state index is 13.9. The van der Waals surface area contributed by atoms with E-state index in [1.165, 1.54) is 35.0 Å². The van der Waals surface area contributed by atoms with Gasteiger partial charge in [0.25, 0.3) is 0 Å². The van der Waals surface area contributed by atoms with Crippen LogP contribution < -0.4 is 4.74 Å². The summed E-state index contributed by atoms with van der Waals surface area (Å²) < 4.78 is 37.6. The number of aromatic hydroxyl groups is 1. The molecule has 134 valence electrons. The second-order valence-corrected chi connectivity index (χ2v) is 5.83. The summed E-state index contributed by atoms with van der Waals surface area (Å²) in [6, 6.07) is 6.32. The van der Waals surface area contributed by atoms with Crippen molar-refractivity contribution in [2.75, 3.05) is 0 Å². The fourth-order valence-electron chi connectivity index (χ4n) is 2.46. The molecule has 0 saturated heterocycles. The molecular weight excluding hydrogens is 337 g/mol. The highest BCUT2D eigenvalue weighted by molar-refractivity contribution is 5.83. The van der Waals surface area contributed by atoms with E-state index in [0.29, 0.717) is 12.1 Å². The number of carbonyl (C=O) groups is 1. The molecule has 0 spiro atoms. The minimum atomic E-state index is -2.49. The Kier molecular flexibility index (Phi) is 4.26. The summed E-state index contributed by atoms with van der Waals surface area (Å²) in [7, 11) is 0. The molecule has 0 saturated carbocycles. The lowest BCUT2D eigenvalue weighted by Gasteiger charge is -2.15. The molecule has 0 radical (unpaired) electrons. The lowest BCUT2D eigenvalue weighted by atomic mass is 10.2. The number of carbonyl (C=O) groups excluding carboxylic acids is 1. The number of nitrogens with zero attached hydrogens (tertiary/aromatic N) is 3. The number of imidazole rings is 1. The fraction of sp³-hybridized carbons (Fsp3) is 0.211. The smallest absolute Gasteiger partial charge is 0.214 e. The van der Waals surface area contributed by atoms with Crippen LogP contribution in [0.3, 0.4) is 0 Å². The first-order chi connectivity index (χ1) is 13.2. The minimum absolute atomic E-state index is 0.0148. The van der Waals surface area contributed by atoms with Crippen molar-refractivity contribution in [3.05, 3.63) is 65.6 Å². The van der Waals surface area contributed by atoms with Crippen LogP contribution in [0.25, 0.3) is 5.82 Å². The normalized spacial score (nSPS) is 12.6. The third-order valence-corrected chi connectivity index (χ3v) is 3.69. The number of aromatic nitrogens is 3. The molecule has 0 aliphatic heterocycles. The first-order valence-corrected chi connectivity index (χ1v) is 7.91. The lowest BCUT2D eigenvalue weighted by molar-refractivity contribution is 0.111. The van der Waals surface area contributed by atoms with E-state index in [0.717, 1.165) is 6.07 Å². The van der Waals surface area contributed by atoms with Crippen LogP contribution in [0, 0.1) is 5.95 Å². The van der Waals surface area contributed by atoms with E-state index in [9.17, 15) is 14.3 Å². The van der Waals surface area contributed by atoms with Gasteiger partial charge in [-0.15, -0.1) is 0 Å². The number of pyridine rings is 1. The molecule has 6 nitrogen and oxygen atoms in total. The van der Waals surface area contributed by atoms with Crippen molar-refractivity contribution in [1.82, 2.24) is 14.5 Å². The predicted octanol–water partition coefficient (Wildman–Crippen LogP) is 3.63. The number of ether oxygens (including phenoxy) is 1. The molecule has 0 aliphatic carbocycles. The van der Waals surface area contributed by atoms with Crippen molar-refractivity contribution in [2.24, 2.45) is 0 Å². The number of hydrogen-bond acceptors (Lipinski definition) is 5. The molecule has 1 N–H and O–H groups in total. The van der Waals surface area contributed by atoms with Gasteiger partial charge in [-0.05, 0) is 24.3 Å². The minimum Gasteiger partial charge on any atom is -0.507 e. The molecule has 2 heterocycles. The van der Waals surface area contributed by atoms with Crippen LogP contribution in [0.1, 0.15) is 44.3 Å². The average Bonchev–Trinajstić information content (AvgIpc) is 3.11. The van der Waals surface area contributed by atoms with Crippen LogP contribution in [0.4, 0.5) is 4.39 Å². The third kappa shape index (κ3) is 3.42. The highest BCUT2D eigenvalue weighted by Gasteiger charge is 2.16. The number of rotatable bonds is 6. The number of hydrogen-bond donors (Lipinski definition) is 1. The molecular formula is C19H18FN3O3. The summed E-state index contributed by atoms with van der Waals surface area (Å²) in [5, 5.41) is 9.79. The van der Waals surface area contributed by atoms with Crippen molar-refractivity contribution >= 4 is 6.29 Å². The zero-order valence-electron chi connectivity index (χ0n) is 16.2. The fourth-order valence-corrected chi connectivity index (χ4v) is 2.46. The van der Waals surface area contributed by atoms with Gasteiger partial charge in [0.1, 0.15) is 29.7 Å². The van der Waals surface area contributed by atoms with Crippen molar-refractivity contribution < 1.29 is 21.8 Å². The molecule has 0 unspecified atom stereocenters. The molecule has 3 aromatic rings.